The number of nitrogens with one attached hydrogen (secondary N) is 1. The van der Waals surface area contributed by atoms with Crippen molar-refractivity contribution in [3.8, 4) is 10.6 Å². The van der Waals surface area contributed by atoms with Gasteiger partial charge < -0.3 is 5.32 Å². The smallest absolute Gasteiger partial charge is 0.139 e. The molecule has 1 N–H and O–H groups in total. The molecule has 1 aromatic heterocycles. The van der Waals surface area contributed by atoms with Gasteiger partial charge in [0.2, 0.25) is 0 Å². The zero-order valence-corrected chi connectivity index (χ0v) is 11.7. The first-order chi connectivity index (χ1) is 9.60. The maximum Gasteiger partial charge on any atom is 0.139 e. The van der Waals surface area contributed by atoms with Gasteiger partial charge in [-0.15, -0.1) is 11.3 Å². The molecule has 3 rings (SSSR count). The van der Waals surface area contributed by atoms with Crippen molar-refractivity contribution in [2.75, 3.05) is 7.05 Å². The molecule has 1 fully saturated rings. The molecule has 1 aliphatic carbocycles. The standard InChI is InChI=1S/C14H13F3N2S/c1-18-6-11-13(7-2-3-7)19-14(20-11)12-9(16)4-8(15)5-10(12)17/h4-5,7,18H,2-3,6H2,1H3. The Balaban J connectivity index is 2.08. The molecule has 0 radical (unpaired) electrons. The lowest BCUT2D eigenvalue weighted by Gasteiger charge is -2.01. The Morgan fingerprint density at radius 2 is 1.90 bits per heavy atom. The van der Waals surface area contributed by atoms with Crippen LogP contribution in [0.15, 0.2) is 12.1 Å². The van der Waals surface area contributed by atoms with Gasteiger partial charge in [0, 0.05) is 29.5 Å². The molecular weight excluding hydrogens is 285 g/mol. The van der Waals surface area contributed by atoms with E-state index >= 15 is 0 Å². The Hall–Kier alpha value is -1.40. The summed E-state index contributed by atoms with van der Waals surface area (Å²) in [4.78, 5) is 5.38. The zero-order valence-electron chi connectivity index (χ0n) is 10.8. The fraction of sp³-hybridized carbons (Fsp3) is 0.357. The van der Waals surface area contributed by atoms with Gasteiger partial charge in [0.15, 0.2) is 0 Å². The Bertz CT molecular complexity index is 627. The van der Waals surface area contributed by atoms with Gasteiger partial charge in [-0.25, -0.2) is 18.2 Å². The number of thiazole rings is 1. The second-order valence-corrected chi connectivity index (χ2v) is 5.96. The largest absolute Gasteiger partial charge is 0.315 e. The molecule has 1 aliphatic rings. The van der Waals surface area contributed by atoms with Crippen LogP contribution in [0.2, 0.25) is 0 Å². The molecule has 1 heterocycles. The van der Waals surface area contributed by atoms with Crippen molar-refractivity contribution < 1.29 is 13.2 Å². The molecule has 0 bridgehead atoms. The minimum absolute atomic E-state index is 0.236. The van der Waals surface area contributed by atoms with E-state index in [-0.39, 0.29) is 10.6 Å². The van der Waals surface area contributed by atoms with Crippen LogP contribution in [0, 0.1) is 17.5 Å². The van der Waals surface area contributed by atoms with Crippen LogP contribution in [0.25, 0.3) is 10.6 Å². The summed E-state index contributed by atoms with van der Waals surface area (Å²) in [6, 6.07) is 1.38. The van der Waals surface area contributed by atoms with Crippen molar-refractivity contribution in [2.24, 2.45) is 0 Å². The average Bonchev–Trinajstić information content (AvgIpc) is 3.12. The monoisotopic (exact) mass is 298 g/mol. The van der Waals surface area contributed by atoms with E-state index in [1.165, 1.54) is 11.3 Å². The van der Waals surface area contributed by atoms with Crippen LogP contribution in [-0.4, -0.2) is 12.0 Å². The Kier molecular flexibility index (Phi) is 3.52. The molecule has 20 heavy (non-hydrogen) atoms. The summed E-state index contributed by atoms with van der Waals surface area (Å²) in [5.41, 5.74) is 0.683. The second kappa shape index (κ2) is 5.18. The number of nitrogens with zero attached hydrogens (tertiary/aromatic N) is 1. The third kappa shape index (κ3) is 2.45. The minimum atomic E-state index is -0.918. The quantitative estimate of drug-likeness (QED) is 0.928. The molecule has 0 spiro atoms. The number of halogens is 3. The predicted octanol–water partition coefficient (Wildman–Crippen LogP) is 3.82. The second-order valence-electron chi connectivity index (χ2n) is 4.88. The molecule has 2 nitrogen and oxygen atoms in total. The summed E-state index contributed by atoms with van der Waals surface area (Å²) in [7, 11) is 1.81. The van der Waals surface area contributed by atoms with Gasteiger partial charge in [-0.2, -0.15) is 0 Å². The van der Waals surface area contributed by atoms with E-state index < -0.39 is 17.5 Å². The number of hydrogen-bond donors (Lipinski definition) is 1. The van der Waals surface area contributed by atoms with E-state index in [2.05, 4.69) is 10.3 Å². The van der Waals surface area contributed by atoms with Crippen molar-refractivity contribution >= 4 is 11.3 Å². The Morgan fingerprint density at radius 3 is 2.45 bits per heavy atom. The highest BCUT2D eigenvalue weighted by Gasteiger charge is 2.30. The Labute approximate surface area is 118 Å². The van der Waals surface area contributed by atoms with Gasteiger partial charge in [0.25, 0.3) is 0 Å². The molecule has 0 saturated heterocycles. The lowest BCUT2D eigenvalue weighted by Crippen LogP contribution is -2.05. The van der Waals surface area contributed by atoms with Gasteiger partial charge in [0.05, 0.1) is 11.3 Å². The predicted molar refractivity (Wildman–Crippen MR) is 72.2 cm³/mol. The van der Waals surface area contributed by atoms with E-state index in [0.717, 1.165) is 23.4 Å². The highest BCUT2D eigenvalue weighted by Crippen LogP contribution is 2.44. The van der Waals surface area contributed by atoms with Crippen LogP contribution >= 0.6 is 11.3 Å². The van der Waals surface area contributed by atoms with Gasteiger partial charge in [0.1, 0.15) is 22.5 Å². The van der Waals surface area contributed by atoms with Crippen LogP contribution in [0.3, 0.4) is 0 Å². The van der Waals surface area contributed by atoms with Gasteiger partial charge >= 0.3 is 0 Å². The highest BCUT2D eigenvalue weighted by molar-refractivity contribution is 7.15. The van der Waals surface area contributed by atoms with Crippen molar-refractivity contribution in [3.05, 3.63) is 40.2 Å². The SMILES string of the molecule is CNCc1sc(-c2c(F)cc(F)cc2F)nc1C1CC1. The first kappa shape index (κ1) is 13.6. The molecule has 2 aromatic rings. The minimum Gasteiger partial charge on any atom is -0.315 e. The van der Waals surface area contributed by atoms with Crippen LogP contribution in [0.4, 0.5) is 13.2 Å². The summed E-state index contributed by atoms with van der Waals surface area (Å²) in [5.74, 6) is -2.34. The average molecular weight is 298 g/mol. The molecule has 106 valence electrons. The van der Waals surface area contributed by atoms with E-state index in [0.29, 0.717) is 24.6 Å². The summed E-state index contributed by atoms with van der Waals surface area (Å²) < 4.78 is 40.6. The third-order valence-electron chi connectivity index (χ3n) is 3.25. The Morgan fingerprint density at radius 1 is 1.25 bits per heavy atom. The van der Waals surface area contributed by atoms with Gasteiger partial charge in [-0.3, -0.25) is 0 Å². The molecule has 0 aliphatic heterocycles. The van der Waals surface area contributed by atoms with E-state index in [1.54, 1.807) is 0 Å². The molecule has 0 unspecified atom stereocenters. The van der Waals surface area contributed by atoms with Gasteiger partial charge in [-0.1, -0.05) is 0 Å². The van der Waals surface area contributed by atoms with Crippen molar-refractivity contribution in [1.82, 2.24) is 10.3 Å². The molecule has 0 amide bonds. The molecular formula is C14H13F3N2S. The normalized spacial score (nSPS) is 14.8. The fourth-order valence-corrected chi connectivity index (χ4v) is 3.39. The molecule has 1 aromatic carbocycles. The summed E-state index contributed by atoms with van der Waals surface area (Å²) >= 11 is 1.26. The highest BCUT2D eigenvalue weighted by atomic mass is 32.1. The maximum absolute atomic E-state index is 13.8. The lowest BCUT2D eigenvalue weighted by molar-refractivity contribution is 0.548. The fourth-order valence-electron chi connectivity index (χ4n) is 2.18. The van der Waals surface area contributed by atoms with Crippen LogP contribution < -0.4 is 5.32 Å². The van der Waals surface area contributed by atoms with Crippen LogP contribution in [-0.2, 0) is 6.54 Å². The van der Waals surface area contributed by atoms with Crippen molar-refractivity contribution in [1.29, 1.82) is 0 Å². The van der Waals surface area contributed by atoms with E-state index in [9.17, 15) is 13.2 Å². The molecule has 6 heteroatoms. The summed E-state index contributed by atoms with van der Waals surface area (Å²) in [5, 5.41) is 3.32. The lowest BCUT2D eigenvalue weighted by atomic mass is 10.2. The first-order valence-electron chi connectivity index (χ1n) is 6.39. The third-order valence-corrected chi connectivity index (χ3v) is 4.34. The van der Waals surface area contributed by atoms with E-state index in [4.69, 9.17) is 0 Å². The van der Waals surface area contributed by atoms with E-state index in [1.807, 2.05) is 7.05 Å². The van der Waals surface area contributed by atoms with Gasteiger partial charge in [-0.05, 0) is 19.9 Å². The van der Waals surface area contributed by atoms with Crippen LogP contribution in [0.5, 0.6) is 0 Å². The number of hydrogen-bond acceptors (Lipinski definition) is 3. The van der Waals surface area contributed by atoms with Crippen LogP contribution in [0.1, 0.15) is 29.3 Å². The summed E-state index contributed by atoms with van der Waals surface area (Å²) in [6.07, 6.45) is 2.13. The molecule has 0 atom stereocenters. The number of benzene rings is 1. The topological polar surface area (TPSA) is 24.9 Å². The zero-order chi connectivity index (χ0) is 14.3. The number of aromatic nitrogens is 1. The van der Waals surface area contributed by atoms with Crippen molar-refractivity contribution in [3.63, 3.8) is 0 Å². The maximum atomic E-state index is 13.8. The summed E-state index contributed by atoms with van der Waals surface area (Å²) in [6.45, 7) is 0.619. The molecule has 1 saturated carbocycles. The van der Waals surface area contributed by atoms with Crippen molar-refractivity contribution in [2.45, 2.75) is 25.3 Å². The number of rotatable bonds is 4. The first-order valence-corrected chi connectivity index (χ1v) is 7.21.